The first-order valence-electron chi connectivity index (χ1n) is 4.61. The Hall–Kier alpha value is -1.29. The van der Waals surface area contributed by atoms with E-state index in [4.69, 9.17) is 10.5 Å². The highest BCUT2D eigenvalue weighted by Gasteiger charge is 2.09. The van der Waals surface area contributed by atoms with Gasteiger partial charge in [0.25, 0.3) is 0 Å². The number of hydrogen-bond donors (Lipinski definition) is 1. The van der Waals surface area contributed by atoms with Gasteiger partial charge in [0.15, 0.2) is 11.6 Å². The van der Waals surface area contributed by atoms with E-state index in [-0.39, 0.29) is 6.04 Å². The number of nitrogens with two attached hydrogens (primary N) is 1. The van der Waals surface area contributed by atoms with Crippen LogP contribution in [0.4, 0.5) is 5.82 Å². The second kappa shape index (κ2) is 4.81. The fourth-order valence-electron chi connectivity index (χ4n) is 1.35. The Morgan fingerprint density at radius 3 is 2.93 bits per heavy atom. The minimum atomic E-state index is 0.117. The van der Waals surface area contributed by atoms with Crippen LogP contribution in [0.3, 0.4) is 0 Å². The molecule has 1 aromatic rings. The number of pyridine rings is 1. The molecule has 1 aromatic heterocycles. The van der Waals surface area contributed by atoms with Crippen molar-refractivity contribution in [3.8, 4) is 5.75 Å². The van der Waals surface area contributed by atoms with Gasteiger partial charge >= 0.3 is 0 Å². The molecule has 0 spiro atoms. The van der Waals surface area contributed by atoms with E-state index in [2.05, 4.69) is 4.98 Å². The molecule has 4 heteroatoms. The van der Waals surface area contributed by atoms with E-state index in [1.165, 1.54) is 0 Å². The molecule has 2 N–H and O–H groups in total. The summed E-state index contributed by atoms with van der Waals surface area (Å²) in [6.45, 7) is 2.72. The summed E-state index contributed by atoms with van der Waals surface area (Å²) in [7, 11) is 3.59. The van der Waals surface area contributed by atoms with Gasteiger partial charge in [-0.05, 0) is 19.1 Å². The van der Waals surface area contributed by atoms with Crippen molar-refractivity contribution in [1.82, 2.24) is 4.98 Å². The summed E-state index contributed by atoms with van der Waals surface area (Å²) in [6.07, 6.45) is 1.75. The van der Waals surface area contributed by atoms with Gasteiger partial charge in [0.05, 0.1) is 7.11 Å². The number of ether oxygens (including phenoxy) is 1. The topological polar surface area (TPSA) is 51.4 Å². The first-order chi connectivity index (χ1) is 6.65. The van der Waals surface area contributed by atoms with E-state index in [9.17, 15) is 0 Å². The molecule has 0 amide bonds. The van der Waals surface area contributed by atoms with E-state index in [1.54, 1.807) is 13.3 Å². The van der Waals surface area contributed by atoms with Gasteiger partial charge in [-0.1, -0.05) is 0 Å². The Labute approximate surface area is 84.7 Å². The molecule has 1 atom stereocenters. The Balaban J connectivity index is 2.82. The number of methoxy groups -OCH3 is 1. The zero-order chi connectivity index (χ0) is 10.6. The van der Waals surface area contributed by atoms with Crippen LogP contribution in [-0.4, -0.2) is 31.7 Å². The summed E-state index contributed by atoms with van der Waals surface area (Å²) < 4.78 is 5.20. The van der Waals surface area contributed by atoms with Gasteiger partial charge in [-0.15, -0.1) is 0 Å². The van der Waals surface area contributed by atoms with Crippen LogP contribution in [0.25, 0.3) is 0 Å². The van der Waals surface area contributed by atoms with Gasteiger partial charge in [0.1, 0.15) is 0 Å². The normalized spacial score (nSPS) is 12.3. The number of aromatic nitrogens is 1. The van der Waals surface area contributed by atoms with Gasteiger partial charge in [-0.2, -0.15) is 0 Å². The average molecular weight is 195 g/mol. The van der Waals surface area contributed by atoms with Gasteiger partial charge < -0.3 is 15.4 Å². The number of hydrogen-bond acceptors (Lipinski definition) is 4. The van der Waals surface area contributed by atoms with Crippen LogP contribution < -0.4 is 15.4 Å². The molecule has 78 valence electrons. The maximum Gasteiger partial charge on any atom is 0.171 e. The molecule has 0 aliphatic rings. The highest BCUT2D eigenvalue weighted by atomic mass is 16.5. The molecule has 0 bridgehead atoms. The molecule has 4 nitrogen and oxygen atoms in total. The third-order valence-electron chi connectivity index (χ3n) is 1.89. The molecule has 0 saturated heterocycles. The molecule has 14 heavy (non-hydrogen) atoms. The van der Waals surface area contributed by atoms with Gasteiger partial charge in [0.2, 0.25) is 0 Å². The smallest absolute Gasteiger partial charge is 0.171 e. The third kappa shape index (κ3) is 2.60. The maximum atomic E-state index is 5.71. The van der Waals surface area contributed by atoms with Crippen molar-refractivity contribution in [3.05, 3.63) is 18.3 Å². The van der Waals surface area contributed by atoms with E-state index in [0.29, 0.717) is 0 Å². The van der Waals surface area contributed by atoms with Crippen molar-refractivity contribution >= 4 is 5.82 Å². The van der Waals surface area contributed by atoms with Gasteiger partial charge in [0, 0.05) is 25.8 Å². The van der Waals surface area contributed by atoms with E-state index < -0.39 is 0 Å². The average Bonchev–Trinajstić information content (AvgIpc) is 2.16. The Morgan fingerprint density at radius 2 is 2.36 bits per heavy atom. The van der Waals surface area contributed by atoms with E-state index >= 15 is 0 Å². The van der Waals surface area contributed by atoms with Crippen molar-refractivity contribution in [2.45, 2.75) is 13.0 Å². The molecule has 0 aliphatic carbocycles. The fourth-order valence-corrected chi connectivity index (χ4v) is 1.35. The van der Waals surface area contributed by atoms with Crippen LogP contribution in [0.1, 0.15) is 6.92 Å². The van der Waals surface area contributed by atoms with E-state index in [0.717, 1.165) is 18.1 Å². The van der Waals surface area contributed by atoms with Crippen LogP contribution in [0.2, 0.25) is 0 Å². The lowest BCUT2D eigenvalue weighted by atomic mass is 10.3. The number of likely N-dealkylation sites (N-methyl/N-ethyl adjacent to an activating group) is 1. The zero-order valence-corrected chi connectivity index (χ0v) is 8.90. The molecule has 1 unspecified atom stereocenters. The summed E-state index contributed by atoms with van der Waals surface area (Å²) in [4.78, 5) is 6.24. The van der Waals surface area contributed by atoms with Crippen LogP contribution in [0, 0.1) is 0 Å². The zero-order valence-electron chi connectivity index (χ0n) is 8.90. The molecule has 0 radical (unpaired) electrons. The second-order valence-corrected chi connectivity index (χ2v) is 3.39. The second-order valence-electron chi connectivity index (χ2n) is 3.39. The van der Waals surface area contributed by atoms with Crippen molar-refractivity contribution < 1.29 is 4.74 Å². The monoisotopic (exact) mass is 195 g/mol. The molecule has 1 heterocycles. The highest BCUT2D eigenvalue weighted by molar-refractivity contribution is 5.51. The van der Waals surface area contributed by atoms with Crippen molar-refractivity contribution in [1.29, 1.82) is 0 Å². The summed E-state index contributed by atoms with van der Waals surface area (Å²) >= 11 is 0. The predicted molar refractivity (Wildman–Crippen MR) is 57.7 cm³/mol. The lowest BCUT2D eigenvalue weighted by Crippen LogP contribution is -2.33. The Kier molecular flexibility index (Phi) is 3.71. The summed E-state index contributed by atoms with van der Waals surface area (Å²) in [5.74, 6) is 1.60. The summed E-state index contributed by atoms with van der Waals surface area (Å²) in [5.41, 5.74) is 5.71. The number of nitrogens with zero attached hydrogens (tertiary/aromatic N) is 2. The van der Waals surface area contributed by atoms with Gasteiger partial charge in [-0.25, -0.2) is 4.98 Å². The number of rotatable bonds is 4. The molecule has 0 saturated carbocycles. The SMILES string of the molecule is COc1cccnc1N(C)CC(C)N. The number of anilines is 1. The predicted octanol–water partition coefficient (Wildman–Crippen LogP) is 0.874. The first kappa shape index (κ1) is 10.8. The minimum absolute atomic E-state index is 0.117. The van der Waals surface area contributed by atoms with Crippen molar-refractivity contribution in [2.75, 3.05) is 25.6 Å². The fraction of sp³-hybridized carbons (Fsp3) is 0.500. The van der Waals surface area contributed by atoms with Crippen molar-refractivity contribution in [3.63, 3.8) is 0 Å². The molecular formula is C10H17N3O. The lowest BCUT2D eigenvalue weighted by Gasteiger charge is -2.21. The Bertz CT molecular complexity index is 288. The molecule has 1 rings (SSSR count). The first-order valence-corrected chi connectivity index (χ1v) is 4.61. The molecular weight excluding hydrogens is 178 g/mol. The van der Waals surface area contributed by atoms with Crippen LogP contribution in [0.5, 0.6) is 5.75 Å². The van der Waals surface area contributed by atoms with Crippen LogP contribution in [-0.2, 0) is 0 Å². The minimum Gasteiger partial charge on any atom is -0.493 e. The molecule has 0 fully saturated rings. The van der Waals surface area contributed by atoms with Crippen LogP contribution in [0.15, 0.2) is 18.3 Å². The summed E-state index contributed by atoms with van der Waals surface area (Å²) in [5, 5.41) is 0. The van der Waals surface area contributed by atoms with Crippen molar-refractivity contribution in [2.24, 2.45) is 5.73 Å². The quantitative estimate of drug-likeness (QED) is 0.774. The molecule has 0 aromatic carbocycles. The molecule has 0 aliphatic heterocycles. The third-order valence-corrected chi connectivity index (χ3v) is 1.89. The van der Waals surface area contributed by atoms with Crippen LogP contribution >= 0.6 is 0 Å². The summed E-state index contributed by atoms with van der Waals surface area (Å²) in [6, 6.07) is 3.86. The highest BCUT2D eigenvalue weighted by Crippen LogP contribution is 2.23. The lowest BCUT2D eigenvalue weighted by molar-refractivity contribution is 0.412. The Morgan fingerprint density at radius 1 is 1.64 bits per heavy atom. The standard InChI is InChI=1S/C10H17N3O/c1-8(11)7-13(2)10-9(14-3)5-4-6-12-10/h4-6,8H,7,11H2,1-3H3. The van der Waals surface area contributed by atoms with Gasteiger partial charge in [-0.3, -0.25) is 0 Å². The largest absolute Gasteiger partial charge is 0.493 e. The van der Waals surface area contributed by atoms with E-state index in [1.807, 2.05) is 31.0 Å². The maximum absolute atomic E-state index is 5.71.